The summed E-state index contributed by atoms with van der Waals surface area (Å²) >= 11 is 0. The van der Waals surface area contributed by atoms with E-state index in [9.17, 15) is 0 Å². The molecule has 2 nitrogen and oxygen atoms in total. The van der Waals surface area contributed by atoms with E-state index in [1.54, 1.807) is 0 Å². The van der Waals surface area contributed by atoms with Crippen molar-refractivity contribution in [3.8, 4) is 0 Å². The first-order chi connectivity index (χ1) is 4.97. The first-order valence-electron chi connectivity index (χ1n) is 3.17. The zero-order valence-corrected chi connectivity index (χ0v) is 5.42. The van der Waals surface area contributed by atoms with E-state index >= 15 is 0 Å². The Kier molecular flexibility index (Phi) is 1.12. The third-order valence-electron chi connectivity index (χ3n) is 1.43. The predicted molar refractivity (Wildman–Crippen MR) is 37.9 cm³/mol. The Bertz CT molecular complexity index is 243. The number of fused-ring (bicyclic) bond motifs is 1. The van der Waals surface area contributed by atoms with Gasteiger partial charge in [-0.05, 0) is 24.3 Å². The number of hydrogen-bond acceptors (Lipinski definition) is 2. The second-order valence-corrected chi connectivity index (χ2v) is 2.08. The molecule has 0 bridgehead atoms. The molecule has 2 rings (SSSR count). The quantitative estimate of drug-likeness (QED) is 0.499. The van der Waals surface area contributed by atoms with Crippen LogP contribution in [0.2, 0.25) is 0 Å². The van der Waals surface area contributed by atoms with Crippen molar-refractivity contribution < 1.29 is 4.74 Å². The summed E-state index contributed by atoms with van der Waals surface area (Å²) in [5, 5.41) is 3.08. The maximum absolute atomic E-state index is 5.23. The lowest BCUT2D eigenvalue weighted by molar-refractivity contribution is 0.255. The van der Waals surface area contributed by atoms with E-state index in [-0.39, 0.29) is 0 Å². The van der Waals surface area contributed by atoms with Crippen LogP contribution in [-0.4, -0.2) is 6.73 Å². The van der Waals surface area contributed by atoms with Crippen LogP contribution in [0.3, 0.4) is 0 Å². The molecule has 2 aliphatic rings. The lowest BCUT2D eigenvalue weighted by atomic mass is 10.3. The molecule has 1 heterocycles. The molecule has 0 atom stereocenters. The third-order valence-corrected chi connectivity index (χ3v) is 1.43. The fraction of sp³-hybridized carbons (Fsp3) is 0.125. The van der Waals surface area contributed by atoms with E-state index in [4.69, 9.17) is 4.74 Å². The van der Waals surface area contributed by atoms with Crippen LogP contribution >= 0.6 is 0 Å². The molecule has 1 aliphatic heterocycles. The van der Waals surface area contributed by atoms with Crippen LogP contribution in [0, 0.1) is 0 Å². The summed E-state index contributed by atoms with van der Waals surface area (Å²) in [4.78, 5) is 0. The smallest absolute Gasteiger partial charge is 0.159 e. The molecule has 1 saturated heterocycles. The maximum atomic E-state index is 5.23. The molecule has 1 aliphatic carbocycles. The fourth-order valence-corrected chi connectivity index (χ4v) is 0.946. The largest absolute Gasteiger partial charge is 0.471 e. The summed E-state index contributed by atoms with van der Waals surface area (Å²) in [5.41, 5.74) is 4.00. The molecule has 0 amide bonds. The molecule has 0 aromatic carbocycles. The van der Waals surface area contributed by atoms with Gasteiger partial charge in [-0.25, -0.2) is 0 Å². The van der Waals surface area contributed by atoms with Crippen molar-refractivity contribution in [2.24, 2.45) is 0 Å². The second kappa shape index (κ2) is 2.09. The van der Waals surface area contributed by atoms with Gasteiger partial charge in [-0.1, -0.05) is 0 Å². The molecule has 1 N–H and O–H groups in total. The van der Waals surface area contributed by atoms with Crippen LogP contribution in [0.5, 0.6) is 0 Å². The van der Waals surface area contributed by atoms with Crippen molar-refractivity contribution in [1.29, 1.82) is 0 Å². The van der Waals surface area contributed by atoms with Gasteiger partial charge >= 0.3 is 0 Å². The Balaban J connectivity index is 2.43. The fourth-order valence-electron chi connectivity index (χ4n) is 0.946. The zero-order valence-electron chi connectivity index (χ0n) is 5.42. The zero-order chi connectivity index (χ0) is 6.81. The summed E-state index contributed by atoms with van der Waals surface area (Å²) in [6, 6.07) is 0. The maximum Gasteiger partial charge on any atom is 0.159 e. The standard InChI is InChI=1S/C8H7NO/c1-2-4-7-8(5-3-1)10-6-9-7/h2-5,9H,6H2. The summed E-state index contributed by atoms with van der Waals surface area (Å²) < 4.78 is 5.23. The number of rotatable bonds is 0. The van der Waals surface area contributed by atoms with E-state index < -0.39 is 0 Å². The Labute approximate surface area is 59.2 Å². The summed E-state index contributed by atoms with van der Waals surface area (Å²) in [6.07, 6.45) is 7.55. The van der Waals surface area contributed by atoms with Gasteiger partial charge in [-0.3, -0.25) is 0 Å². The van der Waals surface area contributed by atoms with Crippen LogP contribution in [0.15, 0.2) is 41.5 Å². The SMILES string of the molecule is C1=CC=C2NCOC2=CC=1. The minimum absolute atomic E-state index is 0.583. The van der Waals surface area contributed by atoms with Crippen molar-refractivity contribution in [2.45, 2.75) is 0 Å². The highest BCUT2D eigenvalue weighted by Gasteiger charge is 2.11. The number of nitrogens with one attached hydrogen (secondary N) is 1. The Morgan fingerprint density at radius 3 is 3.30 bits per heavy atom. The van der Waals surface area contributed by atoms with Crippen molar-refractivity contribution in [3.63, 3.8) is 0 Å². The minimum atomic E-state index is 0.583. The predicted octanol–water partition coefficient (Wildman–Crippen LogP) is 1.06. The van der Waals surface area contributed by atoms with Crippen LogP contribution in [0.1, 0.15) is 0 Å². The highest BCUT2D eigenvalue weighted by atomic mass is 16.5. The first-order valence-corrected chi connectivity index (χ1v) is 3.17. The molecule has 0 spiro atoms. The van der Waals surface area contributed by atoms with Gasteiger partial charge in [0, 0.05) is 0 Å². The molecule has 0 aromatic rings. The van der Waals surface area contributed by atoms with E-state index in [1.165, 1.54) is 0 Å². The molecule has 50 valence electrons. The Hall–Kier alpha value is -1.40. The van der Waals surface area contributed by atoms with Crippen LogP contribution < -0.4 is 5.32 Å². The van der Waals surface area contributed by atoms with Gasteiger partial charge in [0.25, 0.3) is 0 Å². The van der Waals surface area contributed by atoms with Crippen molar-refractivity contribution in [1.82, 2.24) is 5.32 Å². The van der Waals surface area contributed by atoms with Crippen molar-refractivity contribution in [2.75, 3.05) is 6.73 Å². The van der Waals surface area contributed by atoms with Gasteiger partial charge in [0.2, 0.25) is 0 Å². The molecule has 0 aromatic heterocycles. The van der Waals surface area contributed by atoms with E-state index in [1.807, 2.05) is 24.3 Å². The average molecular weight is 133 g/mol. The topological polar surface area (TPSA) is 21.3 Å². The van der Waals surface area contributed by atoms with E-state index in [0.717, 1.165) is 11.5 Å². The Morgan fingerprint density at radius 1 is 1.40 bits per heavy atom. The van der Waals surface area contributed by atoms with Crippen LogP contribution in [0.25, 0.3) is 0 Å². The molecule has 10 heavy (non-hydrogen) atoms. The monoisotopic (exact) mass is 133 g/mol. The summed E-state index contributed by atoms with van der Waals surface area (Å²) in [6.45, 7) is 0.583. The lowest BCUT2D eigenvalue weighted by Gasteiger charge is -1.92. The van der Waals surface area contributed by atoms with E-state index in [2.05, 4.69) is 11.0 Å². The number of ether oxygens (including phenoxy) is 1. The molecule has 2 heteroatoms. The van der Waals surface area contributed by atoms with Gasteiger partial charge in [0.05, 0.1) is 5.70 Å². The molecule has 1 fully saturated rings. The third kappa shape index (κ3) is 0.751. The molecule has 0 radical (unpaired) electrons. The molecule has 0 unspecified atom stereocenters. The Morgan fingerprint density at radius 2 is 2.30 bits per heavy atom. The van der Waals surface area contributed by atoms with Gasteiger partial charge in [0.1, 0.15) is 5.76 Å². The highest BCUT2D eigenvalue weighted by Crippen LogP contribution is 2.15. The normalized spacial score (nSPS) is 20.0. The molecular weight excluding hydrogens is 126 g/mol. The van der Waals surface area contributed by atoms with Gasteiger partial charge in [0.15, 0.2) is 6.73 Å². The van der Waals surface area contributed by atoms with Crippen LogP contribution in [-0.2, 0) is 4.74 Å². The van der Waals surface area contributed by atoms with Crippen molar-refractivity contribution >= 4 is 0 Å². The van der Waals surface area contributed by atoms with E-state index in [0.29, 0.717) is 6.73 Å². The van der Waals surface area contributed by atoms with Gasteiger partial charge in [-0.2, -0.15) is 0 Å². The van der Waals surface area contributed by atoms with Gasteiger partial charge < -0.3 is 10.1 Å². The molecule has 0 saturated carbocycles. The summed E-state index contributed by atoms with van der Waals surface area (Å²) in [5.74, 6) is 0.904. The molecular formula is C8H7NO. The number of allylic oxidation sites excluding steroid dienone is 3. The van der Waals surface area contributed by atoms with Crippen molar-refractivity contribution in [3.05, 3.63) is 41.5 Å². The van der Waals surface area contributed by atoms with Crippen LogP contribution in [0.4, 0.5) is 0 Å². The van der Waals surface area contributed by atoms with Gasteiger partial charge in [-0.15, -0.1) is 5.73 Å². The average Bonchev–Trinajstić information content (AvgIpc) is 2.28. The summed E-state index contributed by atoms with van der Waals surface area (Å²) in [7, 11) is 0. The lowest BCUT2D eigenvalue weighted by Crippen LogP contribution is -2.03. The first kappa shape index (κ1) is 5.39. The number of hydrogen-bond donors (Lipinski definition) is 1. The second-order valence-electron chi connectivity index (χ2n) is 2.08. The minimum Gasteiger partial charge on any atom is -0.471 e. The highest BCUT2D eigenvalue weighted by molar-refractivity contribution is 5.35.